The topological polar surface area (TPSA) is 41.6 Å². The van der Waals surface area contributed by atoms with Gasteiger partial charge in [0.15, 0.2) is 0 Å². The Kier molecular flexibility index (Phi) is 6.90. The van der Waals surface area contributed by atoms with Crippen LogP contribution in [-0.4, -0.2) is 43.6 Å². The summed E-state index contributed by atoms with van der Waals surface area (Å²) in [6.07, 6.45) is 5.25. The number of nitrogens with one attached hydrogen (secondary N) is 1. The normalized spacial score (nSPS) is 16.8. The summed E-state index contributed by atoms with van der Waals surface area (Å²) in [4.78, 5) is 14.9. The van der Waals surface area contributed by atoms with Gasteiger partial charge >= 0.3 is 0 Å². The van der Waals surface area contributed by atoms with Gasteiger partial charge < -0.3 is 15.0 Å². The fraction of sp³-hybridized carbons (Fsp3) is 0.632. The molecule has 1 amide bonds. The Hall–Kier alpha value is -1.55. The summed E-state index contributed by atoms with van der Waals surface area (Å²) < 4.78 is 5.37. The smallest absolute Gasteiger partial charge is 0.224 e. The number of hydrogen-bond acceptors (Lipinski definition) is 3. The van der Waals surface area contributed by atoms with Crippen molar-refractivity contribution in [3.05, 3.63) is 29.3 Å². The summed E-state index contributed by atoms with van der Waals surface area (Å²) in [7, 11) is 1.65. The van der Waals surface area contributed by atoms with Gasteiger partial charge in [-0.25, -0.2) is 0 Å². The number of carbonyl (C=O) groups excluding carboxylic acids is 1. The second-order valence-electron chi connectivity index (χ2n) is 6.53. The number of rotatable bonds is 7. The third-order valence-corrected chi connectivity index (χ3v) is 4.57. The van der Waals surface area contributed by atoms with Gasteiger partial charge in [0.1, 0.15) is 5.75 Å². The van der Waals surface area contributed by atoms with Crippen LogP contribution in [0, 0.1) is 6.92 Å². The second-order valence-corrected chi connectivity index (χ2v) is 6.53. The van der Waals surface area contributed by atoms with Gasteiger partial charge in [-0.15, -0.1) is 0 Å². The van der Waals surface area contributed by atoms with E-state index in [1.54, 1.807) is 7.11 Å². The average Bonchev–Trinajstić information content (AvgIpc) is 2.55. The number of nitrogens with zero attached hydrogens (tertiary/aromatic N) is 1. The Morgan fingerprint density at radius 1 is 1.30 bits per heavy atom. The van der Waals surface area contributed by atoms with Crippen molar-refractivity contribution >= 4 is 5.91 Å². The van der Waals surface area contributed by atoms with Crippen LogP contribution in [-0.2, 0) is 11.2 Å². The molecule has 1 atom stereocenters. The molecule has 0 bridgehead atoms. The first-order chi connectivity index (χ1) is 11.1. The number of benzene rings is 1. The zero-order valence-electron chi connectivity index (χ0n) is 14.7. The Labute approximate surface area is 140 Å². The first-order valence-electron chi connectivity index (χ1n) is 8.77. The molecule has 1 aliphatic rings. The van der Waals surface area contributed by atoms with E-state index in [0.717, 1.165) is 42.9 Å². The number of likely N-dealkylation sites (tertiary alicyclic amines) is 1. The van der Waals surface area contributed by atoms with Crippen LogP contribution in [0.25, 0.3) is 0 Å². The lowest BCUT2D eigenvalue weighted by Gasteiger charge is -2.30. The molecule has 0 aromatic heterocycles. The molecular formula is C19H30N2O2. The van der Waals surface area contributed by atoms with Crippen molar-refractivity contribution in [1.29, 1.82) is 0 Å². The van der Waals surface area contributed by atoms with Gasteiger partial charge in [0.25, 0.3) is 0 Å². The minimum atomic E-state index is 0.0813. The molecule has 1 aromatic carbocycles. The van der Waals surface area contributed by atoms with E-state index < -0.39 is 0 Å². The Morgan fingerprint density at radius 2 is 2.04 bits per heavy atom. The maximum Gasteiger partial charge on any atom is 0.224 e. The molecule has 0 radical (unpaired) electrons. The summed E-state index contributed by atoms with van der Waals surface area (Å²) in [5, 5.41) is 3.20. The third-order valence-electron chi connectivity index (χ3n) is 4.57. The molecule has 1 saturated heterocycles. The van der Waals surface area contributed by atoms with Crippen LogP contribution in [0.5, 0.6) is 5.75 Å². The molecule has 0 aliphatic carbocycles. The summed E-state index contributed by atoms with van der Waals surface area (Å²) in [5.74, 6) is 0.868. The van der Waals surface area contributed by atoms with Gasteiger partial charge in [-0.3, -0.25) is 4.79 Å². The minimum absolute atomic E-state index is 0.0813. The van der Waals surface area contributed by atoms with E-state index in [-0.39, 0.29) is 11.9 Å². The standard InChI is InChI=1S/C19H30N2O2/c1-4-17(14-21-10-6-5-7-11-21)20-19(22)13-16-12-15(2)8-9-18(16)23-3/h8-9,12,17H,4-7,10-11,13-14H2,1-3H3,(H,20,22)/t17-/m0/s1. The van der Waals surface area contributed by atoms with Crippen LogP contribution < -0.4 is 10.1 Å². The number of ether oxygens (including phenoxy) is 1. The summed E-state index contributed by atoms with van der Waals surface area (Å²) in [5.41, 5.74) is 2.10. The molecule has 128 valence electrons. The summed E-state index contributed by atoms with van der Waals surface area (Å²) in [6.45, 7) is 7.47. The van der Waals surface area contributed by atoms with Gasteiger partial charge in [-0.1, -0.05) is 31.0 Å². The molecule has 0 saturated carbocycles. The summed E-state index contributed by atoms with van der Waals surface area (Å²) >= 11 is 0. The van der Waals surface area contributed by atoms with Crippen LogP contribution in [0.3, 0.4) is 0 Å². The van der Waals surface area contributed by atoms with Gasteiger partial charge in [-0.2, -0.15) is 0 Å². The lowest BCUT2D eigenvalue weighted by atomic mass is 10.1. The van der Waals surface area contributed by atoms with Crippen molar-refractivity contribution in [3.63, 3.8) is 0 Å². The molecule has 1 heterocycles. The highest BCUT2D eigenvalue weighted by atomic mass is 16.5. The highest BCUT2D eigenvalue weighted by Crippen LogP contribution is 2.20. The van der Waals surface area contributed by atoms with Gasteiger partial charge in [0.2, 0.25) is 5.91 Å². The van der Waals surface area contributed by atoms with E-state index in [2.05, 4.69) is 17.1 Å². The van der Waals surface area contributed by atoms with Crippen molar-refractivity contribution < 1.29 is 9.53 Å². The van der Waals surface area contributed by atoms with Gasteiger partial charge in [0, 0.05) is 18.2 Å². The molecule has 2 rings (SSSR count). The fourth-order valence-electron chi connectivity index (χ4n) is 3.23. The predicted molar refractivity (Wildman–Crippen MR) is 93.9 cm³/mol. The molecule has 1 aliphatic heterocycles. The van der Waals surface area contributed by atoms with E-state index >= 15 is 0 Å². The number of aryl methyl sites for hydroxylation is 1. The van der Waals surface area contributed by atoms with Crippen molar-refractivity contribution in [2.75, 3.05) is 26.7 Å². The summed E-state index contributed by atoms with van der Waals surface area (Å²) in [6, 6.07) is 6.20. The molecule has 1 aromatic rings. The van der Waals surface area contributed by atoms with Crippen LogP contribution in [0.1, 0.15) is 43.7 Å². The number of carbonyl (C=O) groups is 1. The largest absolute Gasteiger partial charge is 0.496 e. The minimum Gasteiger partial charge on any atom is -0.496 e. The molecule has 4 nitrogen and oxygen atoms in total. The van der Waals surface area contributed by atoms with Crippen LogP contribution in [0.2, 0.25) is 0 Å². The quantitative estimate of drug-likeness (QED) is 0.840. The monoisotopic (exact) mass is 318 g/mol. The van der Waals surface area contributed by atoms with E-state index in [0.29, 0.717) is 6.42 Å². The zero-order valence-corrected chi connectivity index (χ0v) is 14.7. The number of amides is 1. The van der Waals surface area contributed by atoms with Gasteiger partial charge in [-0.05, 0) is 45.3 Å². The number of methoxy groups -OCH3 is 1. The van der Waals surface area contributed by atoms with E-state index in [1.807, 2.05) is 25.1 Å². The maximum absolute atomic E-state index is 12.4. The molecule has 0 spiro atoms. The Balaban J connectivity index is 1.90. The SMILES string of the molecule is CC[C@@H](CN1CCCCC1)NC(=O)Cc1cc(C)ccc1OC. The van der Waals surface area contributed by atoms with Crippen LogP contribution in [0.15, 0.2) is 18.2 Å². The average molecular weight is 318 g/mol. The van der Waals surface area contributed by atoms with Crippen LogP contribution >= 0.6 is 0 Å². The molecular weight excluding hydrogens is 288 g/mol. The highest BCUT2D eigenvalue weighted by molar-refractivity contribution is 5.79. The fourth-order valence-corrected chi connectivity index (χ4v) is 3.23. The van der Waals surface area contributed by atoms with E-state index in [9.17, 15) is 4.79 Å². The lowest BCUT2D eigenvalue weighted by molar-refractivity contribution is -0.121. The van der Waals surface area contributed by atoms with Gasteiger partial charge in [0.05, 0.1) is 13.5 Å². The van der Waals surface area contributed by atoms with Crippen molar-refractivity contribution in [2.24, 2.45) is 0 Å². The molecule has 1 fully saturated rings. The molecule has 23 heavy (non-hydrogen) atoms. The number of hydrogen-bond donors (Lipinski definition) is 1. The second kappa shape index (κ2) is 8.92. The Bertz CT molecular complexity index is 510. The molecule has 0 unspecified atom stereocenters. The molecule has 4 heteroatoms. The van der Waals surface area contributed by atoms with Crippen molar-refractivity contribution in [2.45, 2.75) is 52.0 Å². The number of piperidine rings is 1. The third kappa shape index (κ3) is 5.54. The van der Waals surface area contributed by atoms with Crippen LogP contribution in [0.4, 0.5) is 0 Å². The van der Waals surface area contributed by atoms with Crippen molar-refractivity contribution in [3.8, 4) is 5.75 Å². The predicted octanol–water partition coefficient (Wildman–Crippen LogP) is 2.93. The Morgan fingerprint density at radius 3 is 2.70 bits per heavy atom. The first-order valence-corrected chi connectivity index (χ1v) is 8.77. The van der Waals surface area contributed by atoms with E-state index in [1.165, 1.54) is 19.3 Å². The van der Waals surface area contributed by atoms with E-state index in [4.69, 9.17) is 4.74 Å². The first kappa shape index (κ1) is 17.8. The highest BCUT2D eigenvalue weighted by Gasteiger charge is 2.18. The zero-order chi connectivity index (χ0) is 16.7. The van der Waals surface area contributed by atoms with Crippen molar-refractivity contribution in [1.82, 2.24) is 10.2 Å². The molecule has 1 N–H and O–H groups in total. The lowest BCUT2D eigenvalue weighted by Crippen LogP contribution is -2.45. The maximum atomic E-state index is 12.4.